The third-order valence-electron chi connectivity index (χ3n) is 3.79. The quantitative estimate of drug-likeness (QED) is 0.902. The van der Waals surface area contributed by atoms with Gasteiger partial charge in [-0.2, -0.15) is 0 Å². The minimum absolute atomic E-state index is 0.187. The Labute approximate surface area is 115 Å². The number of nitrogens with one attached hydrogen (secondary N) is 1. The summed E-state index contributed by atoms with van der Waals surface area (Å²) in [6.07, 6.45) is 3.68. The van der Waals surface area contributed by atoms with Gasteiger partial charge < -0.3 is 9.73 Å². The van der Waals surface area contributed by atoms with Gasteiger partial charge in [-0.3, -0.25) is 0 Å². The van der Waals surface area contributed by atoms with Crippen molar-refractivity contribution in [2.75, 3.05) is 18.1 Å². The molecule has 4 nitrogen and oxygen atoms in total. The maximum Gasteiger partial charge on any atom is 0.151 e. The van der Waals surface area contributed by atoms with Crippen LogP contribution in [-0.4, -0.2) is 26.5 Å². The molecule has 0 spiro atoms. The van der Waals surface area contributed by atoms with E-state index in [9.17, 15) is 8.42 Å². The van der Waals surface area contributed by atoms with Gasteiger partial charge in [-0.15, -0.1) is 0 Å². The maximum absolute atomic E-state index is 11.5. The largest absolute Gasteiger partial charge is 0.469 e. The lowest BCUT2D eigenvalue weighted by Gasteiger charge is -2.34. The molecule has 1 aliphatic carbocycles. The van der Waals surface area contributed by atoms with Crippen molar-refractivity contribution < 1.29 is 12.8 Å². The SMILES string of the molecule is CCS(=O)(=O)CCNC1CC(C)(C)Cc2occc21. The Morgan fingerprint density at radius 3 is 2.89 bits per heavy atom. The van der Waals surface area contributed by atoms with Crippen LogP contribution in [0.2, 0.25) is 0 Å². The van der Waals surface area contributed by atoms with E-state index in [2.05, 4.69) is 19.2 Å². The monoisotopic (exact) mass is 285 g/mol. The first-order chi connectivity index (χ1) is 8.83. The molecule has 0 amide bonds. The molecule has 108 valence electrons. The van der Waals surface area contributed by atoms with Crippen LogP contribution >= 0.6 is 0 Å². The molecule has 1 atom stereocenters. The summed E-state index contributed by atoms with van der Waals surface area (Å²) in [7, 11) is -2.90. The lowest BCUT2D eigenvalue weighted by Crippen LogP contribution is -2.35. The standard InChI is InChI=1S/C14H23NO3S/c1-4-19(16,17)8-6-15-12-9-14(2,3)10-13-11(12)5-7-18-13/h5,7,12,15H,4,6,8-10H2,1-3H3. The van der Waals surface area contributed by atoms with Crippen LogP contribution in [0, 0.1) is 5.41 Å². The highest BCUT2D eigenvalue weighted by atomic mass is 32.2. The molecule has 1 N–H and O–H groups in total. The van der Waals surface area contributed by atoms with Crippen molar-refractivity contribution in [1.82, 2.24) is 5.32 Å². The molecule has 0 saturated heterocycles. The predicted molar refractivity (Wildman–Crippen MR) is 75.9 cm³/mol. The molecule has 0 fully saturated rings. The zero-order valence-corrected chi connectivity index (χ0v) is 12.7. The summed E-state index contributed by atoms with van der Waals surface area (Å²) in [6.45, 7) is 6.63. The van der Waals surface area contributed by atoms with Gasteiger partial charge in [0.25, 0.3) is 0 Å². The van der Waals surface area contributed by atoms with E-state index in [-0.39, 0.29) is 23.0 Å². The van der Waals surface area contributed by atoms with E-state index < -0.39 is 9.84 Å². The van der Waals surface area contributed by atoms with Crippen molar-refractivity contribution in [3.8, 4) is 0 Å². The predicted octanol–water partition coefficient (Wildman–Crippen LogP) is 2.32. The second-order valence-electron chi connectivity index (χ2n) is 6.09. The minimum atomic E-state index is -2.90. The molecule has 0 aromatic carbocycles. The van der Waals surface area contributed by atoms with Gasteiger partial charge in [-0.1, -0.05) is 20.8 Å². The highest BCUT2D eigenvalue weighted by Crippen LogP contribution is 2.40. The number of hydrogen-bond acceptors (Lipinski definition) is 4. The molecule has 0 aliphatic heterocycles. The third-order valence-corrected chi connectivity index (χ3v) is 5.50. The molecular formula is C14H23NO3S. The van der Waals surface area contributed by atoms with Crippen molar-refractivity contribution in [2.45, 2.75) is 39.7 Å². The van der Waals surface area contributed by atoms with Gasteiger partial charge in [0, 0.05) is 30.3 Å². The van der Waals surface area contributed by atoms with Crippen LogP contribution in [0.5, 0.6) is 0 Å². The van der Waals surface area contributed by atoms with Crippen molar-refractivity contribution in [3.63, 3.8) is 0 Å². The van der Waals surface area contributed by atoms with E-state index in [1.54, 1.807) is 13.2 Å². The van der Waals surface area contributed by atoms with Gasteiger partial charge in [-0.25, -0.2) is 8.42 Å². The molecule has 1 heterocycles. The lowest BCUT2D eigenvalue weighted by molar-refractivity contribution is 0.237. The fraction of sp³-hybridized carbons (Fsp3) is 0.714. The summed E-state index contributed by atoms with van der Waals surface area (Å²) < 4.78 is 28.5. The van der Waals surface area contributed by atoms with Crippen molar-refractivity contribution >= 4 is 9.84 Å². The lowest BCUT2D eigenvalue weighted by atomic mass is 9.75. The number of sulfone groups is 1. The fourth-order valence-corrected chi connectivity index (χ4v) is 3.41. The highest BCUT2D eigenvalue weighted by Gasteiger charge is 2.33. The first-order valence-electron chi connectivity index (χ1n) is 6.83. The molecule has 1 aromatic heterocycles. The van der Waals surface area contributed by atoms with Crippen LogP contribution in [0.4, 0.5) is 0 Å². The summed E-state index contributed by atoms with van der Waals surface area (Å²) in [5, 5.41) is 3.37. The van der Waals surface area contributed by atoms with Gasteiger partial charge in [-0.05, 0) is 17.9 Å². The Hall–Kier alpha value is -0.810. The molecule has 5 heteroatoms. The third kappa shape index (κ3) is 3.60. The average Bonchev–Trinajstić information content (AvgIpc) is 2.75. The average molecular weight is 285 g/mol. The van der Waals surface area contributed by atoms with Gasteiger partial charge in [0.1, 0.15) is 5.76 Å². The molecular weight excluding hydrogens is 262 g/mol. The molecule has 1 aliphatic rings. The Bertz CT molecular complexity index is 531. The number of rotatable bonds is 5. The molecule has 0 bridgehead atoms. The molecule has 1 unspecified atom stereocenters. The van der Waals surface area contributed by atoms with E-state index >= 15 is 0 Å². The summed E-state index contributed by atoms with van der Waals surface area (Å²) in [5.41, 5.74) is 1.37. The molecule has 2 rings (SSSR count). The van der Waals surface area contributed by atoms with E-state index in [1.165, 1.54) is 5.56 Å². The van der Waals surface area contributed by atoms with Crippen molar-refractivity contribution in [1.29, 1.82) is 0 Å². The smallest absolute Gasteiger partial charge is 0.151 e. The normalized spacial score (nSPS) is 22.2. The van der Waals surface area contributed by atoms with Crippen LogP contribution < -0.4 is 5.32 Å². The highest BCUT2D eigenvalue weighted by molar-refractivity contribution is 7.91. The number of hydrogen-bond donors (Lipinski definition) is 1. The van der Waals surface area contributed by atoms with Gasteiger partial charge in [0.15, 0.2) is 9.84 Å². The number of furan rings is 1. The van der Waals surface area contributed by atoms with Crippen LogP contribution in [0.25, 0.3) is 0 Å². The van der Waals surface area contributed by atoms with E-state index in [0.717, 1.165) is 18.6 Å². The minimum Gasteiger partial charge on any atom is -0.469 e. The second kappa shape index (κ2) is 5.29. The van der Waals surface area contributed by atoms with E-state index in [4.69, 9.17) is 4.42 Å². The van der Waals surface area contributed by atoms with Crippen LogP contribution in [0.1, 0.15) is 44.6 Å². The second-order valence-corrected chi connectivity index (χ2v) is 8.56. The summed E-state index contributed by atoms with van der Waals surface area (Å²) in [6, 6.07) is 2.20. The summed E-state index contributed by atoms with van der Waals surface area (Å²) in [5.74, 6) is 1.45. The van der Waals surface area contributed by atoms with Crippen molar-refractivity contribution in [3.05, 3.63) is 23.7 Å². The van der Waals surface area contributed by atoms with Crippen LogP contribution in [-0.2, 0) is 16.3 Å². The Balaban J connectivity index is 2.01. The molecule has 0 saturated carbocycles. The molecule has 19 heavy (non-hydrogen) atoms. The molecule has 1 aromatic rings. The first kappa shape index (κ1) is 14.6. The first-order valence-corrected chi connectivity index (χ1v) is 8.65. The van der Waals surface area contributed by atoms with Crippen molar-refractivity contribution in [2.24, 2.45) is 5.41 Å². The summed E-state index contributed by atoms with van der Waals surface area (Å²) >= 11 is 0. The van der Waals surface area contributed by atoms with Gasteiger partial charge in [0.05, 0.1) is 12.0 Å². The van der Waals surface area contributed by atoms with Gasteiger partial charge in [0.2, 0.25) is 0 Å². The van der Waals surface area contributed by atoms with Crippen LogP contribution in [0.3, 0.4) is 0 Å². The van der Waals surface area contributed by atoms with E-state index in [1.807, 2.05) is 6.07 Å². The fourth-order valence-electron chi connectivity index (χ4n) is 2.69. The Kier molecular flexibility index (Phi) is 4.06. The Morgan fingerprint density at radius 2 is 2.21 bits per heavy atom. The maximum atomic E-state index is 11.5. The van der Waals surface area contributed by atoms with E-state index in [0.29, 0.717) is 6.54 Å². The van der Waals surface area contributed by atoms with Crippen LogP contribution in [0.15, 0.2) is 16.7 Å². The molecule has 0 radical (unpaired) electrons. The topological polar surface area (TPSA) is 59.3 Å². The summed E-state index contributed by atoms with van der Waals surface area (Å²) in [4.78, 5) is 0. The Morgan fingerprint density at radius 1 is 1.47 bits per heavy atom. The van der Waals surface area contributed by atoms with Gasteiger partial charge >= 0.3 is 0 Å². The zero-order chi connectivity index (χ0) is 14.1. The zero-order valence-electron chi connectivity index (χ0n) is 11.9. The number of fused-ring (bicyclic) bond motifs is 1.